The van der Waals surface area contributed by atoms with Gasteiger partial charge in [-0.1, -0.05) is 11.1 Å². The minimum absolute atomic E-state index is 0.598. The molecule has 1 aromatic rings. The van der Waals surface area contributed by atoms with E-state index in [4.69, 9.17) is 4.74 Å². The minimum atomic E-state index is -0.690. The smallest absolute Gasteiger partial charge is 0.344 e. The molecule has 7 nitrogen and oxygen atoms in total. The number of aromatic nitrogens is 3. The fraction of sp³-hybridized carbons (Fsp3) is 0.533. The molecule has 0 amide bonds. The predicted octanol–water partition coefficient (Wildman–Crippen LogP) is 1.24. The summed E-state index contributed by atoms with van der Waals surface area (Å²) in [6.07, 6.45) is 2.18. The molecule has 1 aliphatic rings. The number of hydrogen-bond acceptors (Lipinski definition) is 4. The average molecular weight is 307 g/mol. The fourth-order valence-electron chi connectivity index (χ4n) is 2.15. The first-order chi connectivity index (χ1) is 10.1. The van der Waals surface area contributed by atoms with Crippen LogP contribution in [0.5, 0.6) is 0 Å². The van der Waals surface area contributed by atoms with Crippen LogP contribution in [0.2, 0.25) is 0 Å². The molecule has 0 saturated carbocycles. The summed E-state index contributed by atoms with van der Waals surface area (Å²) < 4.78 is 8.27. The van der Waals surface area contributed by atoms with Gasteiger partial charge in [-0.2, -0.15) is 0 Å². The second kappa shape index (κ2) is 5.24. The van der Waals surface area contributed by atoms with Crippen molar-refractivity contribution in [3.05, 3.63) is 42.6 Å². The first-order valence-electron chi connectivity index (χ1n) is 7.03. The molecule has 2 heterocycles. The summed E-state index contributed by atoms with van der Waals surface area (Å²) in [6.45, 7) is 10.6. The predicted molar refractivity (Wildman–Crippen MR) is 84.7 cm³/mol. The maximum atomic E-state index is 12.5. The summed E-state index contributed by atoms with van der Waals surface area (Å²) in [5, 5.41) is 0. The molecule has 0 N–H and O–H groups in total. The van der Waals surface area contributed by atoms with Crippen LogP contribution in [0.4, 0.5) is 0 Å². The van der Waals surface area contributed by atoms with Gasteiger partial charge in [0.1, 0.15) is 5.60 Å². The van der Waals surface area contributed by atoms with Crippen molar-refractivity contribution in [1.29, 1.82) is 0 Å². The molecule has 1 aliphatic heterocycles. The topological polar surface area (TPSA) is 78.5 Å². The largest absolute Gasteiger partial charge is 0.344 e. The number of allylic oxidation sites excluding steroid dienone is 2. The van der Waals surface area contributed by atoms with Gasteiger partial charge in [0.05, 0.1) is 0 Å². The van der Waals surface area contributed by atoms with Crippen LogP contribution in [0.1, 0.15) is 47.8 Å². The van der Waals surface area contributed by atoms with E-state index in [1.807, 2.05) is 0 Å². The summed E-state index contributed by atoms with van der Waals surface area (Å²) >= 11 is 0. The summed E-state index contributed by atoms with van der Waals surface area (Å²) in [6, 6.07) is 0. The third kappa shape index (κ3) is 2.76. The van der Waals surface area contributed by atoms with Crippen molar-refractivity contribution < 1.29 is 4.74 Å². The quantitative estimate of drug-likeness (QED) is 0.787. The molecule has 1 saturated heterocycles. The van der Waals surface area contributed by atoms with Gasteiger partial charge in [-0.15, -0.1) is 0 Å². The van der Waals surface area contributed by atoms with E-state index in [9.17, 15) is 14.4 Å². The van der Waals surface area contributed by atoms with Crippen molar-refractivity contribution in [2.24, 2.45) is 0 Å². The molecule has 1 atom stereocenters. The number of epoxide rings is 1. The molecule has 1 unspecified atom stereocenters. The molecule has 0 spiro atoms. The van der Waals surface area contributed by atoms with Gasteiger partial charge in [0.2, 0.25) is 0 Å². The van der Waals surface area contributed by atoms with Crippen molar-refractivity contribution in [1.82, 2.24) is 13.7 Å². The Morgan fingerprint density at radius 1 is 0.909 bits per heavy atom. The maximum absolute atomic E-state index is 12.5. The second-order valence-electron chi connectivity index (χ2n) is 6.44. The Kier molecular flexibility index (Phi) is 3.87. The molecule has 0 radical (unpaired) electrons. The normalized spacial score (nSPS) is 18.7. The summed E-state index contributed by atoms with van der Waals surface area (Å²) in [4.78, 5) is 37.5. The summed E-state index contributed by atoms with van der Waals surface area (Å²) in [7, 11) is 0. The van der Waals surface area contributed by atoms with E-state index in [1.54, 1.807) is 41.5 Å². The SMILES string of the molecule is CC(C)=Cn1c(=O)n(C=C(C)C)c(=O)n(C2OC2(C)C)c1=O. The molecule has 120 valence electrons. The van der Waals surface area contributed by atoms with E-state index in [1.165, 1.54) is 12.4 Å². The van der Waals surface area contributed by atoms with Gasteiger partial charge < -0.3 is 4.74 Å². The molecule has 22 heavy (non-hydrogen) atoms. The van der Waals surface area contributed by atoms with Crippen LogP contribution in [0.25, 0.3) is 12.4 Å². The zero-order valence-electron chi connectivity index (χ0n) is 13.7. The van der Waals surface area contributed by atoms with Crippen LogP contribution < -0.4 is 17.1 Å². The Hall–Kier alpha value is -2.15. The Bertz CT molecular complexity index is 785. The fourth-order valence-corrected chi connectivity index (χ4v) is 2.15. The van der Waals surface area contributed by atoms with Gasteiger partial charge >= 0.3 is 17.1 Å². The van der Waals surface area contributed by atoms with E-state index in [0.717, 1.165) is 24.8 Å². The highest BCUT2D eigenvalue weighted by molar-refractivity contribution is 5.31. The molecule has 0 bridgehead atoms. The van der Waals surface area contributed by atoms with Crippen LogP contribution in [0, 0.1) is 0 Å². The Balaban J connectivity index is 2.89. The van der Waals surface area contributed by atoms with Crippen LogP contribution >= 0.6 is 0 Å². The molecule has 2 rings (SSSR count). The van der Waals surface area contributed by atoms with E-state index in [-0.39, 0.29) is 0 Å². The molecular formula is C15H21N3O4. The van der Waals surface area contributed by atoms with Crippen molar-refractivity contribution in [3.63, 3.8) is 0 Å². The van der Waals surface area contributed by atoms with Crippen molar-refractivity contribution >= 4 is 12.4 Å². The van der Waals surface area contributed by atoms with E-state index >= 15 is 0 Å². The monoisotopic (exact) mass is 307 g/mol. The highest BCUT2D eigenvalue weighted by Crippen LogP contribution is 2.43. The molecule has 1 aromatic heterocycles. The standard InChI is InChI=1S/C15H21N3O4/c1-9(2)7-16-12(19)17(8-10(3)4)14(21)18(13(16)20)11-15(5,6)22-11/h7-8,11H,1-6H3. The van der Waals surface area contributed by atoms with Crippen LogP contribution in [0.15, 0.2) is 25.5 Å². The van der Waals surface area contributed by atoms with Gasteiger partial charge in [-0.25, -0.2) is 28.1 Å². The lowest BCUT2D eigenvalue weighted by Gasteiger charge is -2.09. The van der Waals surface area contributed by atoms with Crippen molar-refractivity contribution in [2.75, 3.05) is 0 Å². The molecule has 7 heteroatoms. The van der Waals surface area contributed by atoms with Gasteiger partial charge in [0.15, 0.2) is 6.23 Å². The zero-order valence-corrected chi connectivity index (χ0v) is 13.7. The maximum Gasteiger partial charge on any atom is 0.344 e. The summed E-state index contributed by atoms with van der Waals surface area (Å²) in [5.41, 5.74) is -1.13. The Morgan fingerprint density at radius 2 is 1.27 bits per heavy atom. The molecule has 0 aliphatic carbocycles. The van der Waals surface area contributed by atoms with E-state index < -0.39 is 28.9 Å². The Morgan fingerprint density at radius 3 is 1.55 bits per heavy atom. The van der Waals surface area contributed by atoms with Crippen LogP contribution in [-0.2, 0) is 4.74 Å². The zero-order chi connectivity index (χ0) is 16.8. The number of nitrogens with zero attached hydrogens (tertiary/aromatic N) is 3. The van der Waals surface area contributed by atoms with Crippen LogP contribution in [-0.4, -0.2) is 19.3 Å². The van der Waals surface area contributed by atoms with Gasteiger partial charge in [0, 0.05) is 12.4 Å². The second-order valence-corrected chi connectivity index (χ2v) is 6.44. The number of rotatable bonds is 3. The molecule has 1 fully saturated rings. The third-order valence-corrected chi connectivity index (χ3v) is 3.20. The van der Waals surface area contributed by atoms with Gasteiger partial charge in [0.25, 0.3) is 0 Å². The average Bonchev–Trinajstić information content (AvgIpc) is 2.98. The number of hydrogen-bond donors (Lipinski definition) is 0. The van der Waals surface area contributed by atoms with Crippen LogP contribution in [0.3, 0.4) is 0 Å². The lowest BCUT2D eigenvalue weighted by molar-refractivity contribution is 0.292. The molecular weight excluding hydrogens is 286 g/mol. The lowest BCUT2D eigenvalue weighted by Crippen LogP contribution is -2.52. The minimum Gasteiger partial charge on any atom is -0.344 e. The first-order valence-corrected chi connectivity index (χ1v) is 7.03. The van der Waals surface area contributed by atoms with E-state index in [0.29, 0.717) is 0 Å². The Labute approximate surface area is 127 Å². The van der Waals surface area contributed by atoms with Gasteiger partial charge in [-0.05, 0) is 41.5 Å². The van der Waals surface area contributed by atoms with Gasteiger partial charge in [-0.3, -0.25) is 0 Å². The number of ether oxygens (including phenoxy) is 1. The summed E-state index contributed by atoms with van der Waals surface area (Å²) in [5.74, 6) is 0. The molecule has 0 aromatic carbocycles. The van der Waals surface area contributed by atoms with Crippen molar-refractivity contribution in [2.45, 2.75) is 53.4 Å². The van der Waals surface area contributed by atoms with Crippen molar-refractivity contribution in [3.8, 4) is 0 Å². The lowest BCUT2D eigenvalue weighted by atomic mass is 10.2. The third-order valence-electron chi connectivity index (χ3n) is 3.20. The highest BCUT2D eigenvalue weighted by atomic mass is 16.6. The van der Waals surface area contributed by atoms with E-state index in [2.05, 4.69) is 0 Å². The first kappa shape index (κ1) is 16.2. The highest BCUT2D eigenvalue weighted by Gasteiger charge is 2.51.